The molecule has 1 rings (SSSR count). The Morgan fingerprint density at radius 3 is 2.71 bits per heavy atom. The number of amides is 1. The highest BCUT2D eigenvalue weighted by atomic mass is 16.5. The summed E-state index contributed by atoms with van der Waals surface area (Å²) in [4.78, 5) is 10.9. The lowest BCUT2D eigenvalue weighted by molar-refractivity contribution is -0.122. The van der Waals surface area contributed by atoms with E-state index in [2.05, 4.69) is 5.16 Å². The fraction of sp³-hybridized carbons (Fsp3) is 0.200. The Morgan fingerprint density at radius 2 is 2.18 bits per heavy atom. The lowest BCUT2D eigenvalue weighted by Crippen LogP contribution is -2.41. The van der Waals surface area contributed by atoms with E-state index in [9.17, 15) is 4.79 Å². The highest BCUT2D eigenvalue weighted by molar-refractivity contribution is 5.97. The molecule has 17 heavy (non-hydrogen) atoms. The zero-order chi connectivity index (χ0) is 12.8. The maximum atomic E-state index is 10.9. The summed E-state index contributed by atoms with van der Waals surface area (Å²) >= 11 is 0. The van der Waals surface area contributed by atoms with Crippen molar-refractivity contribution in [1.82, 2.24) is 5.48 Å². The molecule has 0 aliphatic rings. The van der Waals surface area contributed by atoms with Gasteiger partial charge < -0.3 is 21.9 Å². The summed E-state index contributed by atoms with van der Waals surface area (Å²) in [7, 11) is 0. The van der Waals surface area contributed by atoms with Gasteiger partial charge in [-0.05, 0) is 18.1 Å². The van der Waals surface area contributed by atoms with Gasteiger partial charge in [0.2, 0.25) is 5.91 Å². The third kappa shape index (κ3) is 3.44. The molecule has 1 amide bonds. The molecule has 0 aliphatic heterocycles. The van der Waals surface area contributed by atoms with Crippen molar-refractivity contribution in [1.29, 1.82) is 0 Å². The lowest BCUT2D eigenvalue weighted by Gasteiger charge is -2.11. The summed E-state index contributed by atoms with van der Waals surface area (Å²) in [5, 5.41) is 20.1. The van der Waals surface area contributed by atoms with E-state index in [4.69, 9.17) is 21.9 Å². The predicted molar refractivity (Wildman–Crippen MR) is 60.6 cm³/mol. The van der Waals surface area contributed by atoms with Crippen molar-refractivity contribution in [3.8, 4) is 0 Å². The predicted octanol–water partition coefficient (Wildman–Crippen LogP) is -0.844. The van der Waals surface area contributed by atoms with Gasteiger partial charge in [0.05, 0.1) is 0 Å². The second kappa shape index (κ2) is 5.83. The first kappa shape index (κ1) is 12.9. The number of benzene rings is 1. The van der Waals surface area contributed by atoms with Crippen LogP contribution in [-0.2, 0) is 11.2 Å². The van der Waals surface area contributed by atoms with Crippen LogP contribution in [0, 0.1) is 0 Å². The molecule has 1 atom stereocenters. The Labute approximate surface area is 97.7 Å². The highest BCUT2D eigenvalue weighted by Gasteiger charge is 2.14. The Kier molecular flexibility index (Phi) is 4.44. The van der Waals surface area contributed by atoms with Gasteiger partial charge in [-0.2, -0.15) is 5.48 Å². The van der Waals surface area contributed by atoms with Crippen molar-refractivity contribution < 1.29 is 15.2 Å². The number of hydrogen-bond acceptors (Lipinski definition) is 5. The van der Waals surface area contributed by atoms with Gasteiger partial charge in [-0.3, -0.25) is 4.79 Å². The number of nitrogens with two attached hydrogens (primary N) is 2. The van der Waals surface area contributed by atoms with Crippen molar-refractivity contribution in [3.63, 3.8) is 0 Å². The summed E-state index contributed by atoms with van der Waals surface area (Å²) in [5.41, 5.74) is 13.6. The van der Waals surface area contributed by atoms with E-state index in [0.717, 1.165) is 5.56 Å². The van der Waals surface area contributed by atoms with Crippen LogP contribution in [-0.4, -0.2) is 28.2 Å². The molecule has 0 unspecified atom stereocenters. The van der Waals surface area contributed by atoms with Gasteiger partial charge in [-0.1, -0.05) is 23.4 Å². The molecule has 0 fully saturated rings. The number of carbonyl (C=O) groups excluding carboxylic acids is 1. The first-order valence-corrected chi connectivity index (χ1v) is 4.84. The van der Waals surface area contributed by atoms with Gasteiger partial charge in [-0.25, -0.2) is 0 Å². The van der Waals surface area contributed by atoms with Crippen molar-refractivity contribution in [2.24, 2.45) is 16.6 Å². The molecule has 0 heterocycles. The molecule has 1 aromatic carbocycles. The number of amidine groups is 1. The maximum Gasteiger partial charge on any atom is 0.237 e. The van der Waals surface area contributed by atoms with Crippen molar-refractivity contribution in [2.75, 3.05) is 0 Å². The second-order valence-electron chi connectivity index (χ2n) is 3.47. The third-order valence-corrected chi connectivity index (χ3v) is 2.27. The summed E-state index contributed by atoms with van der Waals surface area (Å²) in [6.07, 6.45) is 0.207. The zero-order valence-electron chi connectivity index (χ0n) is 9.00. The van der Waals surface area contributed by atoms with Gasteiger partial charge in [-0.15, -0.1) is 0 Å². The largest absolute Gasteiger partial charge is 0.409 e. The third-order valence-electron chi connectivity index (χ3n) is 2.27. The monoisotopic (exact) mass is 238 g/mol. The minimum absolute atomic E-state index is 0.0283. The van der Waals surface area contributed by atoms with Gasteiger partial charge >= 0.3 is 0 Å². The molecule has 0 radical (unpaired) electrons. The van der Waals surface area contributed by atoms with Crippen LogP contribution in [0.5, 0.6) is 0 Å². The van der Waals surface area contributed by atoms with Crippen LogP contribution < -0.4 is 16.9 Å². The van der Waals surface area contributed by atoms with E-state index in [1.807, 2.05) is 5.48 Å². The number of nitrogens with one attached hydrogen (secondary N) is 1. The second-order valence-corrected chi connectivity index (χ2v) is 3.47. The molecule has 92 valence electrons. The molecule has 0 saturated carbocycles. The Hall–Kier alpha value is -2.12. The number of carbonyl (C=O) groups is 1. The van der Waals surface area contributed by atoms with Crippen molar-refractivity contribution >= 4 is 11.7 Å². The SMILES string of the molecule is NC(=O)[C@@H](Cc1cccc(C(N)=NO)c1)NO. The van der Waals surface area contributed by atoms with E-state index < -0.39 is 11.9 Å². The van der Waals surface area contributed by atoms with Gasteiger partial charge in [0.1, 0.15) is 6.04 Å². The van der Waals surface area contributed by atoms with Gasteiger partial charge in [0, 0.05) is 5.56 Å². The van der Waals surface area contributed by atoms with Crippen LogP contribution in [0.2, 0.25) is 0 Å². The standard InChI is InChI=1S/C10H14N4O3/c11-9(14-17)7-3-1-2-6(4-7)5-8(13-16)10(12)15/h1-4,8,13,16-17H,5H2,(H2,11,14)(H2,12,15)/t8-/m1/s1. The smallest absolute Gasteiger partial charge is 0.237 e. The van der Waals surface area contributed by atoms with Gasteiger partial charge in [0.25, 0.3) is 0 Å². The molecule has 1 aromatic rings. The van der Waals surface area contributed by atoms with E-state index in [1.54, 1.807) is 24.3 Å². The summed E-state index contributed by atoms with van der Waals surface area (Å²) in [6, 6.07) is 5.85. The molecule has 0 aliphatic carbocycles. The quantitative estimate of drug-likeness (QED) is 0.197. The molecule has 0 spiro atoms. The Bertz CT molecular complexity index is 433. The van der Waals surface area contributed by atoms with Crippen LogP contribution in [0.1, 0.15) is 11.1 Å². The first-order valence-electron chi connectivity index (χ1n) is 4.84. The summed E-state index contributed by atoms with van der Waals surface area (Å²) < 4.78 is 0. The van der Waals surface area contributed by atoms with Crippen LogP contribution in [0.3, 0.4) is 0 Å². The topological polar surface area (TPSA) is 134 Å². The van der Waals surface area contributed by atoms with Crippen LogP contribution >= 0.6 is 0 Å². The number of hydrogen-bond donors (Lipinski definition) is 5. The number of hydroxylamine groups is 1. The average molecular weight is 238 g/mol. The lowest BCUT2D eigenvalue weighted by atomic mass is 10.0. The number of primary amides is 1. The normalized spacial score (nSPS) is 13.4. The fourth-order valence-electron chi connectivity index (χ4n) is 1.36. The summed E-state index contributed by atoms with van der Waals surface area (Å²) in [6.45, 7) is 0. The van der Waals surface area contributed by atoms with Gasteiger partial charge in [0.15, 0.2) is 5.84 Å². The van der Waals surface area contributed by atoms with E-state index in [0.29, 0.717) is 5.56 Å². The minimum Gasteiger partial charge on any atom is -0.409 e. The molecule has 7 N–H and O–H groups in total. The highest BCUT2D eigenvalue weighted by Crippen LogP contribution is 2.07. The molecular formula is C10H14N4O3. The van der Waals surface area contributed by atoms with Crippen LogP contribution in [0.25, 0.3) is 0 Å². The number of oxime groups is 1. The van der Waals surface area contributed by atoms with Crippen LogP contribution in [0.15, 0.2) is 29.4 Å². The molecule has 7 heteroatoms. The average Bonchev–Trinajstić information content (AvgIpc) is 2.34. The minimum atomic E-state index is -0.877. The molecule has 0 bridgehead atoms. The zero-order valence-corrected chi connectivity index (χ0v) is 9.00. The van der Waals surface area contributed by atoms with Crippen molar-refractivity contribution in [3.05, 3.63) is 35.4 Å². The number of rotatable bonds is 5. The fourth-order valence-corrected chi connectivity index (χ4v) is 1.36. The Balaban J connectivity index is 2.89. The van der Waals surface area contributed by atoms with E-state index in [-0.39, 0.29) is 12.3 Å². The van der Waals surface area contributed by atoms with Crippen molar-refractivity contribution in [2.45, 2.75) is 12.5 Å². The summed E-state index contributed by atoms with van der Waals surface area (Å²) in [5.74, 6) is -0.693. The maximum absolute atomic E-state index is 10.9. The first-order chi connectivity index (χ1) is 8.08. The molecule has 7 nitrogen and oxygen atoms in total. The molecule has 0 saturated heterocycles. The van der Waals surface area contributed by atoms with E-state index in [1.165, 1.54) is 0 Å². The molecule has 0 aromatic heterocycles. The Morgan fingerprint density at radius 1 is 1.47 bits per heavy atom. The molecular weight excluding hydrogens is 224 g/mol. The number of nitrogens with zero attached hydrogens (tertiary/aromatic N) is 1. The van der Waals surface area contributed by atoms with Crippen LogP contribution in [0.4, 0.5) is 0 Å². The van der Waals surface area contributed by atoms with E-state index >= 15 is 0 Å².